The van der Waals surface area contributed by atoms with Crippen LogP contribution in [0.2, 0.25) is 0 Å². The van der Waals surface area contributed by atoms with E-state index in [2.05, 4.69) is 233 Å². The summed E-state index contributed by atoms with van der Waals surface area (Å²) in [6.07, 6.45) is 113. The Labute approximate surface area is 503 Å². The zero-order valence-electron chi connectivity index (χ0n) is 51.9. The van der Waals surface area contributed by atoms with Gasteiger partial charge in [-0.1, -0.05) is 284 Å². The van der Waals surface area contributed by atoms with Gasteiger partial charge in [-0.05, 0) is 154 Å². The van der Waals surface area contributed by atoms with Crippen molar-refractivity contribution in [2.75, 3.05) is 13.2 Å². The molecule has 454 valence electrons. The number of aliphatic hydroxyl groups excluding tert-OH is 1. The van der Waals surface area contributed by atoms with Gasteiger partial charge < -0.3 is 14.6 Å². The Morgan fingerprint density at radius 2 is 0.488 bits per heavy atom. The van der Waals surface area contributed by atoms with Crippen molar-refractivity contribution in [1.82, 2.24) is 0 Å². The van der Waals surface area contributed by atoms with Crippen LogP contribution < -0.4 is 0 Å². The zero-order valence-corrected chi connectivity index (χ0v) is 51.9. The minimum absolute atomic E-state index is 0.0983. The van der Waals surface area contributed by atoms with Crippen LogP contribution in [0, 0.1) is 0 Å². The van der Waals surface area contributed by atoms with Gasteiger partial charge in [0, 0.05) is 12.8 Å². The maximum Gasteiger partial charge on any atom is 0.306 e. The molecule has 0 aliphatic carbocycles. The summed E-state index contributed by atoms with van der Waals surface area (Å²) in [4.78, 5) is 24.6. The van der Waals surface area contributed by atoms with E-state index in [1.807, 2.05) is 0 Å². The Morgan fingerprint density at radius 3 is 0.744 bits per heavy atom. The van der Waals surface area contributed by atoms with Crippen LogP contribution in [-0.4, -0.2) is 36.4 Å². The lowest BCUT2D eigenvalue weighted by Crippen LogP contribution is -2.28. The molecular formula is C77H116O5. The summed E-state index contributed by atoms with van der Waals surface area (Å²) < 4.78 is 10.7. The first-order chi connectivity index (χ1) is 40.6. The van der Waals surface area contributed by atoms with Crippen LogP contribution in [0.15, 0.2) is 219 Å². The fourth-order valence-corrected chi connectivity index (χ4v) is 8.01. The highest BCUT2D eigenvalue weighted by atomic mass is 16.6. The Hall–Kier alpha value is -5.78. The highest BCUT2D eigenvalue weighted by Crippen LogP contribution is 2.13. The largest absolute Gasteiger partial charge is 0.462 e. The lowest BCUT2D eigenvalue weighted by molar-refractivity contribution is -0.161. The van der Waals surface area contributed by atoms with Crippen molar-refractivity contribution in [2.45, 2.75) is 238 Å². The number of aliphatic hydroxyl groups is 1. The van der Waals surface area contributed by atoms with Crippen molar-refractivity contribution < 1.29 is 24.2 Å². The molecule has 1 atom stereocenters. The van der Waals surface area contributed by atoms with Crippen molar-refractivity contribution in [3.8, 4) is 0 Å². The molecule has 0 saturated heterocycles. The number of ether oxygens (including phenoxy) is 2. The molecule has 82 heavy (non-hydrogen) atoms. The number of carbonyl (C=O) groups is 2. The van der Waals surface area contributed by atoms with Crippen LogP contribution in [0.1, 0.15) is 232 Å². The topological polar surface area (TPSA) is 72.8 Å². The summed E-state index contributed by atoms with van der Waals surface area (Å²) in [7, 11) is 0. The molecule has 5 heteroatoms. The van der Waals surface area contributed by atoms with Crippen molar-refractivity contribution in [1.29, 1.82) is 0 Å². The summed E-state index contributed by atoms with van der Waals surface area (Å²) in [6, 6.07) is 0. The fourth-order valence-electron chi connectivity index (χ4n) is 8.01. The first-order valence-corrected chi connectivity index (χ1v) is 32.3. The number of rotatable bonds is 56. The molecule has 0 aromatic carbocycles. The molecule has 5 nitrogen and oxygen atoms in total. The second-order valence-electron chi connectivity index (χ2n) is 20.4. The molecule has 0 amide bonds. The summed E-state index contributed by atoms with van der Waals surface area (Å²) >= 11 is 0. The van der Waals surface area contributed by atoms with Gasteiger partial charge in [0.15, 0.2) is 6.10 Å². The molecule has 1 unspecified atom stereocenters. The number of carbonyl (C=O) groups excluding carboxylic acids is 2. The molecule has 0 radical (unpaired) electrons. The average Bonchev–Trinajstić information content (AvgIpc) is 3.49. The molecule has 0 aliphatic heterocycles. The van der Waals surface area contributed by atoms with Crippen molar-refractivity contribution in [2.24, 2.45) is 0 Å². The summed E-state index contributed by atoms with van der Waals surface area (Å²) in [5, 5.41) is 9.68. The van der Waals surface area contributed by atoms with E-state index in [1.165, 1.54) is 38.5 Å². The molecule has 0 heterocycles. The van der Waals surface area contributed by atoms with Gasteiger partial charge in [-0.25, -0.2) is 0 Å². The number of allylic oxidation sites excluding steroid dienone is 36. The van der Waals surface area contributed by atoms with Gasteiger partial charge >= 0.3 is 11.9 Å². The van der Waals surface area contributed by atoms with Crippen molar-refractivity contribution in [3.05, 3.63) is 219 Å². The summed E-state index contributed by atoms with van der Waals surface area (Å²) in [6.45, 7) is 3.86. The van der Waals surface area contributed by atoms with E-state index in [4.69, 9.17) is 9.47 Å². The number of unbranched alkanes of at least 4 members (excludes halogenated alkanes) is 12. The Kier molecular flexibility index (Phi) is 64.6. The van der Waals surface area contributed by atoms with E-state index in [-0.39, 0.29) is 25.2 Å². The molecule has 0 rings (SSSR count). The van der Waals surface area contributed by atoms with E-state index in [9.17, 15) is 14.7 Å². The number of esters is 2. The van der Waals surface area contributed by atoms with Gasteiger partial charge in [0.25, 0.3) is 0 Å². The predicted molar refractivity (Wildman–Crippen MR) is 361 cm³/mol. The van der Waals surface area contributed by atoms with Crippen molar-refractivity contribution >= 4 is 11.9 Å². The van der Waals surface area contributed by atoms with E-state index >= 15 is 0 Å². The van der Waals surface area contributed by atoms with E-state index in [0.29, 0.717) is 12.8 Å². The zero-order chi connectivity index (χ0) is 59.1. The third-order valence-corrected chi connectivity index (χ3v) is 12.8. The first-order valence-electron chi connectivity index (χ1n) is 32.3. The Morgan fingerprint density at radius 1 is 0.280 bits per heavy atom. The SMILES string of the molecule is CC/C=C\C/C=C\C/C=C\C/C=C\C/C=C\C/C=C\C/C=C\C/C=C\C/C=C\C/C=C\C/C=C\CCCCCC(=O)OC(CO)COC(=O)CCCCCCCCCCC/C=C\C/C=C\C/C=C\C/C=C\C/C=C\C/C=C\C/C=C\CC. The van der Waals surface area contributed by atoms with Crippen LogP contribution in [0.5, 0.6) is 0 Å². The van der Waals surface area contributed by atoms with E-state index < -0.39 is 6.10 Å². The smallest absolute Gasteiger partial charge is 0.306 e. The number of hydrogen-bond acceptors (Lipinski definition) is 5. The van der Waals surface area contributed by atoms with E-state index in [1.54, 1.807) is 0 Å². The van der Waals surface area contributed by atoms with Gasteiger partial charge in [-0.2, -0.15) is 0 Å². The van der Waals surface area contributed by atoms with Crippen LogP contribution in [0.4, 0.5) is 0 Å². The highest BCUT2D eigenvalue weighted by Gasteiger charge is 2.16. The van der Waals surface area contributed by atoms with Crippen LogP contribution in [0.3, 0.4) is 0 Å². The van der Waals surface area contributed by atoms with Crippen molar-refractivity contribution in [3.63, 3.8) is 0 Å². The van der Waals surface area contributed by atoms with Crippen LogP contribution in [-0.2, 0) is 19.1 Å². The lowest BCUT2D eigenvalue weighted by atomic mass is 10.1. The minimum Gasteiger partial charge on any atom is -0.462 e. The van der Waals surface area contributed by atoms with E-state index in [0.717, 1.165) is 167 Å². The third kappa shape index (κ3) is 66.7. The maximum absolute atomic E-state index is 12.3. The fraction of sp³-hybridized carbons (Fsp3) is 0.506. The van der Waals surface area contributed by atoms with Gasteiger partial charge in [0.2, 0.25) is 0 Å². The molecule has 0 bridgehead atoms. The molecule has 0 aromatic heterocycles. The van der Waals surface area contributed by atoms with Gasteiger partial charge in [-0.3, -0.25) is 9.59 Å². The second kappa shape index (κ2) is 69.5. The molecule has 0 saturated carbocycles. The third-order valence-electron chi connectivity index (χ3n) is 12.8. The van der Waals surface area contributed by atoms with Crippen LogP contribution >= 0.6 is 0 Å². The molecule has 1 N–H and O–H groups in total. The molecule has 0 aromatic rings. The first kappa shape index (κ1) is 76.2. The van der Waals surface area contributed by atoms with Crippen LogP contribution in [0.25, 0.3) is 0 Å². The minimum atomic E-state index is -0.812. The monoisotopic (exact) mass is 1120 g/mol. The lowest BCUT2D eigenvalue weighted by Gasteiger charge is -2.15. The Balaban J connectivity index is 3.69. The standard InChI is InChI=1S/C77H116O5/c1-3-5-7-9-11-13-15-17-19-21-23-25-27-29-31-33-35-36-37-38-39-40-42-44-46-48-50-52-54-56-58-60-62-64-66-68-70-72-77(80)82-75(73-78)74-81-76(79)71-69-67-65-63-61-59-57-55-53-51-49-47-45-43-41-34-32-30-28-26-24-22-20-18-16-14-12-10-8-6-4-2/h5-8,11-14,17-20,23-26,29-32,35-36,38-39,41-44,47-50,54,56,60,62,75,78H,3-4,9-10,15-16,21-22,27-28,33-34,37,40,45-46,51-53,55,57-59,61,63-74H2,1-2H3/b7-5-,8-6-,13-11-,14-12-,19-17-,20-18-,25-23-,26-24-,31-29-,32-30-,36-35-,39-38-,43-41-,44-42-,49-47-,50-48-,56-54-,62-60-. The molecule has 0 spiro atoms. The average molecular weight is 1120 g/mol. The highest BCUT2D eigenvalue weighted by molar-refractivity contribution is 5.70. The predicted octanol–water partition coefficient (Wildman–Crippen LogP) is 22.7. The maximum atomic E-state index is 12.3. The normalized spacial score (nSPS) is 13.7. The summed E-state index contributed by atoms with van der Waals surface area (Å²) in [5.41, 5.74) is 0. The second-order valence-corrected chi connectivity index (χ2v) is 20.4. The molecular weight excluding hydrogens is 1000 g/mol. The molecule has 0 aliphatic rings. The quantitative estimate of drug-likeness (QED) is 0.0373. The van der Waals surface area contributed by atoms with Gasteiger partial charge in [0.05, 0.1) is 6.61 Å². The van der Waals surface area contributed by atoms with Gasteiger partial charge in [-0.15, -0.1) is 0 Å². The molecule has 0 fully saturated rings. The Bertz CT molecular complexity index is 1990. The summed E-state index contributed by atoms with van der Waals surface area (Å²) in [5.74, 6) is -0.653. The van der Waals surface area contributed by atoms with Gasteiger partial charge in [0.1, 0.15) is 6.61 Å². The number of hydrogen-bond donors (Lipinski definition) is 1.